The lowest BCUT2D eigenvalue weighted by Crippen LogP contribution is -2.50. The van der Waals surface area contributed by atoms with Crippen LogP contribution in [0.5, 0.6) is 0 Å². The van der Waals surface area contributed by atoms with Crippen molar-refractivity contribution >= 4 is 5.97 Å². The molecule has 1 aliphatic rings. The maximum Gasteiger partial charge on any atom is 0.303 e. The van der Waals surface area contributed by atoms with Crippen molar-refractivity contribution in [2.24, 2.45) is 0 Å². The van der Waals surface area contributed by atoms with Gasteiger partial charge in [0.25, 0.3) is 0 Å². The number of ether oxygens (including phenoxy) is 3. The highest BCUT2D eigenvalue weighted by atomic mass is 16.7. The van der Waals surface area contributed by atoms with Gasteiger partial charge in [0.05, 0.1) is 13.2 Å². The van der Waals surface area contributed by atoms with E-state index >= 15 is 0 Å². The quantitative estimate of drug-likeness (QED) is 0.527. The predicted molar refractivity (Wildman–Crippen MR) is 64.4 cm³/mol. The fourth-order valence-electron chi connectivity index (χ4n) is 1.91. The molecule has 0 spiro atoms. The Bertz CT molecular complexity index is 279. The van der Waals surface area contributed by atoms with E-state index < -0.39 is 11.9 Å². The molecular formula is C13H20O4. The van der Waals surface area contributed by atoms with Crippen LogP contribution in [0.2, 0.25) is 0 Å². The topological polar surface area (TPSA) is 44.8 Å². The molecule has 0 radical (unpaired) electrons. The molecule has 1 unspecified atom stereocenters. The molecule has 0 bridgehead atoms. The smallest absolute Gasteiger partial charge is 0.303 e. The molecule has 1 aliphatic heterocycles. The zero-order valence-corrected chi connectivity index (χ0v) is 10.3. The highest BCUT2D eigenvalue weighted by Crippen LogP contribution is 2.32. The van der Waals surface area contributed by atoms with Crippen molar-refractivity contribution in [2.45, 2.75) is 38.1 Å². The normalized spacial score (nSPS) is 25.9. The van der Waals surface area contributed by atoms with Crippen LogP contribution in [0.25, 0.3) is 0 Å². The number of hydrogen-bond donors (Lipinski definition) is 0. The Hall–Kier alpha value is -1.13. The Morgan fingerprint density at radius 2 is 2.29 bits per heavy atom. The molecule has 0 N–H and O–H groups in total. The van der Waals surface area contributed by atoms with Crippen molar-refractivity contribution < 1.29 is 19.0 Å². The Morgan fingerprint density at radius 1 is 1.53 bits per heavy atom. The van der Waals surface area contributed by atoms with Gasteiger partial charge in [0.15, 0.2) is 6.10 Å². The van der Waals surface area contributed by atoms with Gasteiger partial charge < -0.3 is 14.2 Å². The van der Waals surface area contributed by atoms with Crippen LogP contribution >= 0.6 is 0 Å². The van der Waals surface area contributed by atoms with Gasteiger partial charge >= 0.3 is 5.97 Å². The summed E-state index contributed by atoms with van der Waals surface area (Å²) < 4.78 is 16.6. The minimum Gasteiger partial charge on any atom is -0.453 e. The first-order valence-electron chi connectivity index (χ1n) is 5.83. The van der Waals surface area contributed by atoms with E-state index in [-0.39, 0.29) is 5.97 Å². The van der Waals surface area contributed by atoms with E-state index in [2.05, 4.69) is 13.2 Å². The lowest BCUT2D eigenvalue weighted by atomic mass is 9.99. The van der Waals surface area contributed by atoms with Gasteiger partial charge in [-0.3, -0.25) is 4.79 Å². The second kappa shape index (κ2) is 6.57. The van der Waals surface area contributed by atoms with Gasteiger partial charge in [0.1, 0.15) is 0 Å². The summed E-state index contributed by atoms with van der Waals surface area (Å²) in [6, 6.07) is 0. The maximum absolute atomic E-state index is 11.1. The van der Waals surface area contributed by atoms with Crippen molar-refractivity contribution in [3.63, 3.8) is 0 Å². The predicted octanol–water partition coefficient (Wildman–Crippen LogP) is 2.20. The molecule has 1 saturated heterocycles. The van der Waals surface area contributed by atoms with Gasteiger partial charge in [-0.1, -0.05) is 12.7 Å². The summed E-state index contributed by atoms with van der Waals surface area (Å²) in [4.78, 5) is 11.1. The molecule has 0 amide bonds. The number of rotatable bonds is 6. The highest BCUT2D eigenvalue weighted by molar-refractivity contribution is 5.66. The fourth-order valence-corrected chi connectivity index (χ4v) is 1.91. The van der Waals surface area contributed by atoms with E-state index in [1.165, 1.54) is 6.92 Å². The average Bonchev–Trinajstić information content (AvgIpc) is 2.34. The molecule has 0 aromatic rings. The van der Waals surface area contributed by atoms with E-state index in [1.807, 2.05) is 0 Å². The van der Waals surface area contributed by atoms with Crippen molar-refractivity contribution in [3.05, 3.63) is 25.3 Å². The first-order chi connectivity index (χ1) is 8.14. The third-order valence-electron chi connectivity index (χ3n) is 2.65. The second-order valence-corrected chi connectivity index (χ2v) is 3.98. The van der Waals surface area contributed by atoms with Crippen LogP contribution in [0.15, 0.2) is 25.3 Å². The highest BCUT2D eigenvalue weighted by Gasteiger charge is 2.43. The number of esters is 1. The molecule has 0 aliphatic carbocycles. The van der Waals surface area contributed by atoms with Gasteiger partial charge in [0, 0.05) is 13.3 Å². The summed E-state index contributed by atoms with van der Waals surface area (Å²) in [5.74, 6) is -1.27. The lowest BCUT2D eigenvalue weighted by Gasteiger charge is -2.40. The number of hydrogen-bond acceptors (Lipinski definition) is 4. The van der Waals surface area contributed by atoms with Crippen LogP contribution in [-0.4, -0.2) is 31.1 Å². The zero-order valence-electron chi connectivity index (χ0n) is 10.3. The van der Waals surface area contributed by atoms with Gasteiger partial charge in [-0.05, 0) is 18.9 Å². The van der Waals surface area contributed by atoms with Crippen LogP contribution in [0, 0.1) is 0 Å². The van der Waals surface area contributed by atoms with E-state index in [9.17, 15) is 4.79 Å². The maximum atomic E-state index is 11.1. The Labute approximate surface area is 102 Å². The Balaban J connectivity index is 2.80. The van der Waals surface area contributed by atoms with Crippen LogP contribution in [0.1, 0.15) is 26.2 Å². The molecule has 1 rings (SSSR count). The molecule has 17 heavy (non-hydrogen) atoms. The fraction of sp³-hybridized carbons (Fsp3) is 0.615. The summed E-state index contributed by atoms with van der Waals surface area (Å²) in [6.07, 6.45) is 5.26. The van der Waals surface area contributed by atoms with Crippen LogP contribution in [-0.2, 0) is 19.0 Å². The molecule has 1 fully saturated rings. The summed E-state index contributed by atoms with van der Waals surface area (Å²) in [5.41, 5.74) is 0. The summed E-state index contributed by atoms with van der Waals surface area (Å²) in [6.45, 7) is 9.60. The molecule has 4 heteroatoms. The molecule has 4 nitrogen and oxygen atoms in total. The van der Waals surface area contributed by atoms with Crippen LogP contribution < -0.4 is 0 Å². The monoisotopic (exact) mass is 240 g/mol. The van der Waals surface area contributed by atoms with Gasteiger partial charge in [-0.15, -0.1) is 6.58 Å². The Morgan fingerprint density at radius 3 is 2.76 bits per heavy atom. The third-order valence-corrected chi connectivity index (χ3v) is 2.65. The molecule has 0 saturated carbocycles. The standard InChI is InChI=1S/C13H20O4/c1-4-9-15-13(8-6-7-10-16-13)12(5-2)17-11(3)14/h4-5,12H,1-2,6-10H2,3H3/t12?,13-/m1/s1. The molecule has 1 heterocycles. The third kappa shape index (κ3) is 3.68. The Kier molecular flexibility index (Phi) is 5.38. The minimum atomic E-state index is -0.903. The first-order valence-corrected chi connectivity index (χ1v) is 5.83. The van der Waals surface area contributed by atoms with Gasteiger partial charge in [-0.25, -0.2) is 0 Å². The average molecular weight is 240 g/mol. The van der Waals surface area contributed by atoms with Crippen molar-refractivity contribution in [2.75, 3.05) is 13.2 Å². The SMILES string of the molecule is C=CCO[C@]1(C(C=C)OC(C)=O)CCCCO1. The summed E-state index contributed by atoms with van der Waals surface area (Å²) in [5, 5.41) is 0. The molecular weight excluding hydrogens is 220 g/mol. The van der Waals surface area contributed by atoms with E-state index in [4.69, 9.17) is 14.2 Å². The molecule has 0 aromatic heterocycles. The van der Waals surface area contributed by atoms with Gasteiger partial charge in [0.2, 0.25) is 5.79 Å². The van der Waals surface area contributed by atoms with E-state index in [1.54, 1.807) is 12.2 Å². The van der Waals surface area contributed by atoms with E-state index in [0.717, 1.165) is 12.8 Å². The van der Waals surface area contributed by atoms with Gasteiger partial charge in [-0.2, -0.15) is 0 Å². The molecule has 2 atom stereocenters. The van der Waals surface area contributed by atoms with Crippen LogP contribution in [0.3, 0.4) is 0 Å². The summed E-state index contributed by atoms with van der Waals surface area (Å²) in [7, 11) is 0. The summed E-state index contributed by atoms with van der Waals surface area (Å²) >= 11 is 0. The van der Waals surface area contributed by atoms with Crippen molar-refractivity contribution in [1.29, 1.82) is 0 Å². The van der Waals surface area contributed by atoms with E-state index in [0.29, 0.717) is 19.6 Å². The van der Waals surface area contributed by atoms with Crippen molar-refractivity contribution in [3.8, 4) is 0 Å². The lowest BCUT2D eigenvalue weighted by molar-refractivity contribution is -0.287. The second-order valence-electron chi connectivity index (χ2n) is 3.98. The minimum absolute atomic E-state index is 0.353. The van der Waals surface area contributed by atoms with Crippen LogP contribution in [0.4, 0.5) is 0 Å². The number of carbonyl (C=O) groups is 1. The largest absolute Gasteiger partial charge is 0.453 e. The zero-order chi connectivity index (χ0) is 12.7. The first kappa shape index (κ1) is 13.9. The molecule has 96 valence electrons. The molecule has 0 aromatic carbocycles. The number of carbonyl (C=O) groups excluding carboxylic acids is 1. The van der Waals surface area contributed by atoms with Crippen molar-refractivity contribution in [1.82, 2.24) is 0 Å².